The fraction of sp³-hybridized carbons (Fsp3) is 0.500. The summed E-state index contributed by atoms with van der Waals surface area (Å²) < 4.78 is 0. The molecule has 0 aliphatic heterocycles. The number of carboxylic acid groups (broad SMARTS) is 3. The van der Waals surface area contributed by atoms with Crippen LogP contribution in [-0.2, 0) is 14.4 Å². The average Bonchev–Trinajstić information content (AvgIpc) is 1.54. The molecule has 0 aliphatic carbocycles. The third kappa shape index (κ3) is 671. The third-order valence-electron chi connectivity index (χ3n) is 0. The maximum atomic E-state index is 8.89. The Bertz CT molecular complexity index is 128. The van der Waals surface area contributed by atoms with E-state index in [1.54, 1.807) is 0 Å². The minimum atomic E-state index is -1.08. The Morgan fingerprint density at radius 1 is 0.625 bits per heavy atom. The van der Waals surface area contributed by atoms with Gasteiger partial charge < -0.3 is 31.1 Å². The smallest absolute Gasteiger partial charge is 1.00 e. The van der Waals surface area contributed by atoms with Crippen LogP contribution in [-0.4, -0.2) is 17.9 Å². The summed E-state index contributed by atoms with van der Waals surface area (Å²) in [7, 11) is 0. The van der Waals surface area contributed by atoms with Crippen LogP contribution in [0.5, 0.6) is 0 Å². The van der Waals surface area contributed by atoms with Gasteiger partial charge in [-0.3, -0.25) is 0 Å². The van der Waals surface area contributed by atoms with Crippen LogP contribution in [0.4, 0.5) is 0 Å². The summed E-state index contributed by atoms with van der Waals surface area (Å²) in [6.07, 6.45) is 0. The molecule has 0 heterocycles. The van der Waals surface area contributed by atoms with Gasteiger partial charge in [0.05, 0.1) is 0 Å². The summed E-state index contributed by atoms with van der Waals surface area (Å²) in [6.45, 7) is 2.92. The Labute approximate surface area is 185 Å². The Morgan fingerprint density at radius 3 is 0.625 bits per heavy atom. The van der Waals surface area contributed by atoms with Crippen LogP contribution in [0.1, 0.15) is 22.2 Å². The van der Waals surface area contributed by atoms with Crippen LogP contribution in [0, 0.1) is 0 Å². The monoisotopic (exact) mass is 270 g/mol. The summed E-state index contributed by atoms with van der Waals surface area (Å²) >= 11 is 0. The van der Waals surface area contributed by atoms with Gasteiger partial charge in [-0.1, -0.05) is 0 Å². The van der Waals surface area contributed by atoms with Gasteiger partial charge >= 0.3 is 118 Å². The third-order valence-corrected chi connectivity index (χ3v) is 0. The summed E-state index contributed by atoms with van der Waals surface area (Å²) in [5.74, 6) is -3.25. The van der Waals surface area contributed by atoms with Gasteiger partial charge in [-0.25, -0.2) is 0 Å². The molecule has 0 N–H and O–H groups in total. The van der Waals surface area contributed by atoms with Crippen LogP contribution < -0.4 is 134 Å². The normalized spacial score (nSPS) is 4.69. The van der Waals surface area contributed by atoms with Crippen molar-refractivity contribution in [3.8, 4) is 0 Å². The number of carbonyl (C=O) groups excluding carboxylic acids is 3. The van der Waals surface area contributed by atoms with E-state index in [9.17, 15) is 0 Å². The average molecular weight is 270 g/mol. The maximum Gasteiger partial charge on any atom is 1.00 e. The predicted octanol–water partition coefficient (Wildman–Crippen LogP) is -15.6. The first kappa shape index (κ1) is 42.9. The van der Waals surface area contributed by atoms with Crippen molar-refractivity contribution in [3.05, 3.63) is 0 Å². The molecular weight excluding hydrogens is 260 g/mol. The predicted molar refractivity (Wildman–Crippen MR) is 33.2 cm³/mol. The van der Waals surface area contributed by atoms with Gasteiger partial charge in [-0.2, -0.15) is 0 Å². The molecule has 0 rings (SSSR count). The summed E-state index contributed by atoms with van der Waals surface area (Å²) in [5, 5.41) is 26.7. The van der Waals surface area contributed by atoms with Crippen molar-refractivity contribution < 1.29 is 149 Å². The number of hydrogen-bond acceptors (Lipinski definition) is 6. The minimum Gasteiger partial charge on any atom is -1.00 e. The van der Waals surface area contributed by atoms with Crippen molar-refractivity contribution in [2.24, 2.45) is 0 Å². The van der Waals surface area contributed by atoms with Crippen molar-refractivity contribution in [2.45, 2.75) is 20.8 Å². The van der Waals surface area contributed by atoms with Crippen molar-refractivity contribution in [3.63, 3.8) is 0 Å². The van der Waals surface area contributed by atoms with E-state index in [0.717, 1.165) is 20.8 Å². The van der Waals surface area contributed by atoms with Gasteiger partial charge in [-0.05, 0) is 20.8 Å². The number of rotatable bonds is 0. The van der Waals surface area contributed by atoms with Crippen molar-refractivity contribution >= 4 is 17.9 Å². The summed E-state index contributed by atoms with van der Waals surface area (Å²) in [5.41, 5.74) is 0. The van der Waals surface area contributed by atoms with Crippen LogP contribution in [0.3, 0.4) is 0 Å². The molecule has 6 nitrogen and oxygen atoms in total. The van der Waals surface area contributed by atoms with Gasteiger partial charge in [-0.15, -0.1) is 0 Å². The van der Waals surface area contributed by atoms with E-state index in [4.69, 9.17) is 29.7 Å². The number of aliphatic carboxylic acids is 3. The van der Waals surface area contributed by atoms with Gasteiger partial charge in [0.25, 0.3) is 0 Å². The standard InChI is InChI=1S/3C2H4O2.4Na.H/c3*1-2(3)4;;;;;/h3*1H3,(H,3,4);;;;;/q;;;4*+1;-1/p-3. The van der Waals surface area contributed by atoms with Gasteiger partial charge in [0, 0.05) is 17.9 Å². The van der Waals surface area contributed by atoms with E-state index in [1.807, 2.05) is 0 Å². The van der Waals surface area contributed by atoms with Gasteiger partial charge in [0.15, 0.2) is 0 Å². The molecule has 0 amide bonds. The van der Waals surface area contributed by atoms with E-state index in [0.29, 0.717) is 0 Å². The second-order valence-corrected chi connectivity index (χ2v) is 1.47. The SMILES string of the molecule is CC(=O)[O-].CC(=O)[O-].CC(=O)[O-].[H-].[Na+].[Na+].[Na+].[Na+]. The molecule has 0 spiro atoms. The van der Waals surface area contributed by atoms with Crippen molar-refractivity contribution in [1.82, 2.24) is 0 Å². The van der Waals surface area contributed by atoms with E-state index in [-0.39, 0.29) is 120 Å². The van der Waals surface area contributed by atoms with Gasteiger partial charge in [0.2, 0.25) is 0 Å². The van der Waals surface area contributed by atoms with Crippen molar-refractivity contribution in [1.29, 1.82) is 0 Å². The molecule has 0 unspecified atom stereocenters. The largest absolute Gasteiger partial charge is 1.00 e. The fourth-order valence-corrected chi connectivity index (χ4v) is 0. The second-order valence-electron chi connectivity index (χ2n) is 1.47. The molecule has 0 saturated heterocycles. The molecule has 10 heteroatoms. The number of carboxylic acids is 3. The summed E-state index contributed by atoms with van der Waals surface area (Å²) in [4.78, 5) is 26.7. The molecule has 0 aromatic rings. The first-order valence-electron chi connectivity index (χ1n) is 2.72. The van der Waals surface area contributed by atoms with Crippen LogP contribution >= 0.6 is 0 Å². The zero-order valence-corrected chi connectivity index (χ0v) is 18.9. The zero-order chi connectivity index (χ0) is 10.7. The van der Waals surface area contributed by atoms with E-state index >= 15 is 0 Å². The van der Waals surface area contributed by atoms with Gasteiger partial charge in [0.1, 0.15) is 0 Å². The molecule has 0 aliphatic rings. The first-order valence-corrected chi connectivity index (χ1v) is 2.72. The van der Waals surface area contributed by atoms with Crippen LogP contribution in [0.2, 0.25) is 0 Å². The van der Waals surface area contributed by atoms with E-state index in [1.165, 1.54) is 0 Å². The molecule has 0 fully saturated rings. The van der Waals surface area contributed by atoms with Crippen molar-refractivity contribution in [2.75, 3.05) is 0 Å². The molecular formula is C6H10Na4O6. The Balaban J connectivity index is -0.0000000104. The number of carbonyl (C=O) groups is 3. The van der Waals surface area contributed by atoms with E-state index in [2.05, 4.69) is 0 Å². The minimum absolute atomic E-state index is 0. The Kier molecular flexibility index (Phi) is 96.5. The van der Waals surface area contributed by atoms with Crippen LogP contribution in [0.25, 0.3) is 0 Å². The second kappa shape index (κ2) is 36.0. The Morgan fingerprint density at radius 2 is 0.625 bits per heavy atom. The molecule has 0 aromatic heterocycles. The fourth-order valence-electron chi connectivity index (χ4n) is 0. The topological polar surface area (TPSA) is 120 Å². The molecule has 0 aromatic carbocycles. The first-order chi connectivity index (χ1) is 5.20. The molecule has 16 heavy (non-hydrogen) atoms. The van der Waals surface area contributed by atoms with E-state index < -0.39 is 17.9 Å². The molecule has 0 bridgehead atoms. The molecule has 0 saturated carbocycles. The Hall–Kier alpha value is 2.41. The summed E-state index contributed by atoms with van der Waals surface area (Å²) in [6, 6.07) is 0. The zero-order valence-electron chi connectivity index (χ0n) is 11.9. The quantitative estimate of drug-likeness (QED) is 0.403. The number of hydrogen-bond donors (Lipinski definition) is 0. The maximum absolute atomic E-state index is 8.89. The molecule has 0 radical (unpaired) electrons. The molecule has 74 valence electrons. The molecule has 0 atom stereocenters. The van der Waals surface area contributed by atoms with Crippen LogP contribution in [0.15, 0.2) is 0 Å².